The number of hydrogen-bond donors (Lipinski definition) is 3. The van der Waals surface area contributed by atoms with E-state index >= 15 is 0 Å². The van der Waals surface area contributed by atoms with Gasteiger partial charge in [0, 0.05) is 6.04 Å². The van der Waals surface area contributed by atoms with Gasteiger partial charge in [-0.05, 0) is 50.5 Å². The van der Waals surface area contributed by atoms with Gasteiger partial charge in [0.1, 0.15) is 0 Å². The SMILES string of the molecule is CC(N)C(O)CCC(C)(CN)C1CCCCC1. The van der Waals surface area contributed by atoms with Crippen LogP contribution in [0.15, 0.2) is 0 Å². The van der Waals surface area contributed by atoms with E-state index < -0.39 is 0 Å². The van der Waals surface area contributed by atoms with Gasteiger partial charge in [0.05, 0.1) is 6.10 Å². The van der Waals surface area contributed by atoms with Crippen LogP contribution in [0.1, 0.15) is 58.8 Å². The molecule has 1 aliphatic carbocycles. The summed E-state index contributed by atoms with van der Waals surface area (Å²) in [4.78, 5) is 0. The molecule has 5 N–H and O–H groups in total. The Labute approximate surface area is 106 Å². The van der Waals surface area contributed by atoms with Crippen molar-refractivity contribution >= 4 is 0 Å². The molecule has 3 heteroatoms. The summed E-state index contributed by atoms with van der Waals surface area (Å²) in [5, 5.41) is 9.82. The van der Waals surface area contributed by atoms with E-state index in [9.17, 15) is 5.11 Å². The third-order valence-electron chi connectivity index (χ3n) is 4.68. The number of hydrogen-bond acceptors (Lipinski definition) is 3. The van der Waals surface area contributed by atoms with Crippen molar-refractivity contribution in [3.05, 3.63) is 0 Å². The van der Waals surface area contributed by atoms with Crippen molar-refractivity contribution in [2.75, 3.05) is 6.54 Å². The zero-order valence-electron chi connectivity index (χ0n) is 11.5. The van der Waals surface area contributed by atoms with Gasteiger partial charge in [0.25, 0.3) is 0 Å². The van der Waals surface area contributed by atoms with Gasteiger partial charge in [-0.3, -0.25) is 0 Å². The molecule has 0 aromatic rings. The van der Waals surface area contributed by atoms with E-state index in [1.165, 1.54) is 32.1 Å². The van der Waals surface area contributed by atoms with Crippen molar-refractivity contribution in [1.29, 1.82) is 0 Å². The average Bonchev–Trinajstić information content (AvgIpc) is 2.36. The monoisotopic (exact) mass is 242 g/mol. The molecule has 0 aromatic carbocycles. The predicted octanol–water partition coefficient (Wildman–Crippen LogP) is 2.02. The summed E-state index contributed by atoms with van der Waals surface area (Å²) in [5.74, 6) is 0.738. The number of nitrogens with two attached hydrogens (primary N) is 2. The summed E-state index contributed by atoms with van der Waals surface area (Å²) >= 11 is 0. The van der Waals surface area contributed by atoms with Crippen LogP contribution in [0.4, 0.5) is 0 Å². The summed E-state index contributed by atoms with van der Waals surface area (Å²) < 4.78 is 0. The molecule has 1 saturated carbocycles. The van der Waals surface area contributed by atoms with Gasteiger partial charge >= 0.3 is 0 Å². The summed E-state index contributed by atoms with van der Waals surface area (Å²) in [6, 6.07) is -0.136. The Balaban J connectivity index is 2.49. The van der Waals surface area contributed by atoms with Crippen molar-refractivity contribution in [3.8, 4) is 0 Å². The molecule has 0 radical (unpaired) electrons. The maximum atomic E-state index is 9.82. The first-order chi connectivity index (χ1) is 7.99. The maximum Gasteiger partial charge on any atom is 0.0688 e. The lowest BCUT2D eigenvalue weighted by atomic mass is 9.67. The smallest absolute Gasteiger partial charge is 0.0688 e. The molecular formula is C14H30N2O. The fourth-order valence-electron chi connectivity index (χ4n) is 3.01. The lowest BCUT2D eigenvalue weighted by Crippen LogP contribution is -2.39. The molecule has 0 bridgehead atoms. The van der Waals surface area contributed by atoms with Gasteiger partial charge in [-0.2, -0.15) is 0 Å². The molecule has 0 heterocycles. The molecular weight excluding hydrogens is 212 g/mol. The Kier molecular flexibility index (Phi) is 5.90. The third-order valence-corrected chi connectivity index (χ3v) is 4.68. The fraction of sp³-hybridized carbons (Fsp3) is 1.00. The van der Waals surface area contributed by atoms with E-state index in [4.69, 9.17) is 11.5 Å². The van der Waals surface area contributed by atoms with Gasteiger partial charge in [0.2, 0.25) is 0 Å². The maximum absolute atomic E-state index is 9.82. The fourth-order valence-corrected chi connectivity index (χ4v) is 3.01. The van der Waals surface area contributed by atoms with Crippen molar-refractivity contribution in [3.63, 3.8) is 0 Å². The molecule has 0 aromatic heterocycles. The highest BCUT2D eigenvalue weighted by Crippen LogP contribution is 2.41. The zero-order valence-corrected chi connectivity index (χ0v) is 11.5. The summed E-state index contributed by atoms with van der Waals surface area (Å²) in [6.07, 6.45) is 8.07. The zero-order chi connectivity index (χ0) is 12.9. The first-order valence-corrected chi connectivity index (χ1v) is 7.13. The third kappa shape index (κ3) is 4.23. The van der Waals surface area contributed by atoms with Crippen molar-refractivity contribution in [2.45, 2.75) is 70.9 Å². The number of rotatable bonds is 6. The predicted molar refractivity (Wildman–Crippen MR) is 72.6 cm³/mol. The normalized spacial score (nSPS) is 25.2. The lowest BCUT2D eigenvalue weighted by Gasteiger charge is -2.40. The van der Waals surface area contributed by atoms with Crippen LogP contribution in [0.3, 0.4) is 0 Å². The van der Waals surface area contributed by atoms with Gasteiger partial charge in [-0.15, -0.1) is 0 Å². The van der Waals surface area contributed by atoms with Crippen LogP contribution in [0.5, 0.6) is 0 Å². The summed E-state index contributed by atoms with van der Waals surface area (Å²) in [6.45, 7) is 4.88. The second kappa shape index (κ2) is 6.72. The van der Waals surface area contributed by atoms with Gasteiger partial charge in [0.15, 0.2) is 0 Å². The molecule has 0 spiro atoms. The second-order valence-electron chi connectivity index (χ2n) is 6.16. The summed E-state index contributed by atoms with van der Waals surface area (Å²) in [7, 11) is 0. The highest BCUT2D eigenvalue weighted by atomic mass is 16.3. The molecule has 0 saturated heterocycles. The minimum atomic E-state index is -0.385. The Morgan fingerprint density at radius 3 is 2.35 bits per heavy atom. The van der Waals surface area contributed by atoms with Crippen LogP contribution < -0.4 is 11.5 Å². The Bertz CT molecular complexity index is 214. The van der Waals surface area contributed by atoms with Crippen molar-refractivity contribution in [2.24, 2.45) is 22.8 Å². The van der Waals surface area contributed by atoms with Gasteiger partial charge < -0.3 is 16.6 Å². The highest BCUT2D eigenvalue weighted by Gasteiger charge is 2.34. The second-order valence-corrected chi connectivity index (χ2v) is 6.16. The lowest BCUT2D eigenvalue weighted by molar-refractivity contribution is 0.0836. The molecule has 1 rings (SSSR count). The molecule has 102 valence electrons. The van der Waals surface area contributed by atoms with E-state index in [2.05, 4.69) is 6.92 Å². The van der Waals surface area contributed by atoms with Crippen molar-refractivity contribution in [1.82, 2.24) is 0 Å². The largest absolute Gasteiger partial charge is 0.392 e. The van der Waals surface area contributed by atoms with E-state index in [0.29, 0.717) is 0 Å². The van der Waals surface area contributed by atoms with Crippen LogP contribution in [0, 0.1) is 11.3 Å². The van der Waals surface area contributed by atoms with Crippen LogP contribution in [-0.2, 0) is 0 Å². The molecule has 17 heavy (non-hydrogen) atoms. The van der Waals surface area contributed by atoms with Gasteiger partial charge in [-0.25, -0.2) is 0 Å². The first-order valence-electron chi connectivity index (χ1n) is 7.13. The molecule has 0 amide bonds. The molecule has 1 fully saturated rings. The van der Waals surface area contributed by atoms with Crippen LogP contribution in [0.25, 0.3) is 0 Å². The minimum Gasteiger partial charge on any atom is -0.392 e. The number of aliphatic hydroxyl groups is 1. The minimum absolute atomic E-state index is 0.136. The standard InChI is InChI=1S/C14H30N2O/c1-11(16)13(17)8-9-14(2,10-15)12-6-4-3-5-7-12/h11-13,17H,3-10,15-16H2,1-2H3. The Hall–Kier alpha value is -0.120. The van der Waals surface area contributed by atoms with E-state index in [1.807, 2.05) is 6.92 Å². The van der Waals surface area contributed by atoms with E-state index in [-0.39, 0.29) is 17.6 Å². The van der Waals surface area contributed by atoms with E-state index in [1.54, 1.807) is 0 Å². The highest BCUT2D eigenvalue weighted by molar-refractivity contribution is 4.86. The molecule has 1 aliphatic rings. The quantitative estimate of drug-likeness (QED) is 0.667. The summed E-state index contributed by atoms with van der Waals surface area (Å²) in [5.41, 5.74) is 11.9. The average molecular weight is 242 g/mol. The Morgan fingerprint density at radius 1 is 1.29 bits per heavy atom. The van der Waals surface area contributed by atoms with Gasteiger partial charge in [-0.1, -0.05) is 26.2 Å². The topological polar surface area (TPSA) is 72.3 Å². The molecule has 3 atom stereocenters. The van der Waals surface area contributed by atoms with Crippen LogP contribution in [0.2, 0.25) is 0 Å². The molecule has 0 aliphatic heterocycles. The molecule has 3 nitrogen and oxygen atoms in total. The van der Waals surface area contributed by atoms with Crippen molar-refractivity contribution < 1.29 is 5.11 Å². The Morgan fingerprint density at radius 2 is 1.88 bits per heavy atom. The van der Waals surface area contributed by atoms with Crippen LogP contribution >= 0.6 is 0 Å². The van der Waals surface area contributed by atoms with Crippen LogP contribution in [-0.4, -0.2) is 23.8 Å². The first kappa shape index (κ1) is 14.9. The van der Waals surface area contributed by atoms with E-state index in [0.717, 1.165) is 25.3 Å². The number of aliphatic hydroxyl groups excluding tert-OH is 1. The molecule has 3 unspecified atom stereocenters.